The van der Waals surface area contributed by atoms with E-state index in [0.717, 1.165) is 6.42 Å². The van der Waals surface area contributed by atoms with Crippen LogP contribution < -0.4 is 10.6 Å². The van der Waals surface area contributed by atoms with E-state index >= 15 is 0 Å². The third-order valence-corrected chi connectivity index (χ3v) is 3.41. The molecule has 1 heterocycles. The van der Waals surface area contributed by atoms with Gasteiger partial charge in [0.25, 0.3) is 0 Å². The zero-order valence-corrected chi connectivity index (χ0v) is 13.0. The third-order valence-electron chi connectivity index (χ3n) is 3.41. The summed E-state index contributed by atoms with van der Waals surface area (Å²) in [5, 5.41) is 2.56. The minimum atomic E-state index is 0.445. The van der Waals surface area contributed by atoms with E-state index in [1.165, 1.54) is 21.8 Å². The molecule has 0 radical (unpaired) electrons. The molecule has 19 heavy (non-hydrogen) atoms. The van der Waals surface area contributed by atoms with Gasteiger partial charge < -0.3 is 4.57 Å². The second kappa shape index (κ2) is 6.60. The van der Waals surface area contributed by atoms with Crippen molar-refractivity contribution in [3.05, 3.63) is 47.1 Å². The SMILES string of the molecule is C=C/C=c1/c(CC)c(C(C)C)n(C(C)C)/c1=C/C=C. The van der Waals surface area contributed by atoms with Crippen LogP contribution in [0.15, 0.2) is 25.3 Å². The predicted octanol–water partition coefficient (Wildman–Crippen LogP) is 3.69. The molecule has 0 bridgehead atoms. The Hall–Kier alpha value is -1.50. The summed E-state index contributed by atoms with van der Waals surface area (Å²) in [4.78, 5) is 0. The number of allylic oxidation sites excluding steroid dienone is 2. The first-order valence-corrected chi connectivity index (χ1v) is 7.17. The molecule has 0 aromatic carbocycles. The van der Waals surface area contributed by atoms with Gasteiger partial charge in [0.2, 0.25) is 0 Å². The van der Waals surface area contributed by atoms with Crippen LogP contribution >= 0.6 is 0 Å². The molecule has 0 saturated heterocycles. The summed E-state index contributed by atoms with van der Waals surface area (Å²) in [6, 6.07) is 0.445. The highest BCUT2D eigenvalue weighted by Gasteiger charge is 2.17. The van der Waals surface area contributed by atoms with Crippen LogP contribution in [-0.2, 0) is 6.42 Å². The smallest absolute Gasteiger partial charge is 0.0487 e. The Morgan fingerprint density at radius 3 is 2.00 bits per heavy atom. The van der Waals surface area contributed by atoms with Crippen molar-refractivity contribution in [3.8, 4) is 0 Å². The van der Waals surface area contributed by atoms with E-state index in [-0.39, 0.29) is 0 Å². The number of hydrogen-bond donors (Lipinski definition) is 0. The van der Waals surface area contributed by atoms with E-state index < -0.39 is 0 Å². The molecule has 0 unspecified atom stereocenters. The standard InChI is InChI=1S/C18H27N/c1-8-11-16-15(10-3)18(13(4)5)19(14(6)7)17(16)12-9-2/h8-9,11-14H,1-2,10H2,3-7H3/b16-11-,17-12+. The van der Waals surface area contributed by atoms with Crippen LogP contribution in [0.3, 0.4) is 0 Å². The highest BCUT2D eigenvalue weighted by atomic mass is 15.0. The molecule has 1 heteroatoms. The van der Waals surface area contributed by atoms with E-state index in [9.17, 15) is 0 Å². The number of nitrogens with zero attached hydrogens (tertiary/aromatic N) is 1. The summed E-state index contributed by atoms with van der Waals surface area (Å²) >= 11 is 0. The maximum absolute atomic E-state index is 3.86. The molecule has 1 rings (SSSR count). The van der Waals surface area contributed by atoms with Gasteiger partial charge in [0.15, 0.2) is 0 Å². The number of hydrogen-bond acceptors (Lipinski definition) is 0. The second-order valence-corrected chi connectivity index (χ2v) is 5.44. The maximum Gasteiger partial charge on any atom is 0.0487 e. The highest BCUT2D eigenvalue weighted by Crippen LogP contribution is 2.20. The van der Waals surface area contributed by atoms with Crippen LogP contribution in [0.4, 0.5) is 0 Å². The van der Waals surface area contributed by atoms with Crippen molar-refractivity contribution in [1.82, 2.24) is 4.57 Å². The Morgan fingerprint density at radius 1 is 1.05 bits per heavy atom. The quantitative estimate of drug-likeness (QED) is 0.758. The van der Waals surface area contributed by atoms with Crippen LogP contribution in [-0.4, -0.2) is 4.57 Å². The summed E-state index contributed by atoms with van der Waals surface area (Å²) in [5.41, 5.74) is 2.88. The molecule has 0 atom stereocenters. The van der Waals surface area contributed by atoms with Crippen LogP contribution in [0.5, 0.6) is 0 Å². The lowest BCUT2D eigenvalue weighted by Crippen LogP contribution is -2.31. The minimum Gasteiger partial charge on any atom is -0.342 e. The Kier molecular flexibility index (Phi) is 5.41. The summed E-state index contributed by atoms with van der Waals surface area (Å²) in [7, 11) is 0. The molecule has 104 valence electrons. The van der Waals surface area contributed by atoms with E-state index in [4.69, 9.17) is 0 Å². The zero-order valence-electron chi connectivity index (χ0n) is 13.0. The van der Waals surface area contributed by atoms with Gasteiger partial charge in [0, 0.05) is 22.3 Å². The fourth-order valence-corrected chi connectivity index (χ4v) is 2.84. The van der Waals surface area contributed by atoms with Crippen LogP contribution in [0.25, 0.3) is 12.2 Å². The Labute approximate surface area is 117 Å². The van der Waals surface area contributed by atoms with Gasteiger partial charge in [-0.05, 0) is 37.8 Å². The second-order valence-electron chi connectivity index (χ2n) is 5.44. The van der Waals surface area contributed by atoms with Gasteiger partial charge in [0.05, 0.1) is 0 Å². The van der Waals surface area contributed by atoms with Gasteiger partial charge in [-0.1, -0.05) is 52.2 Å². The molecule has 0 saturated carbocycles. The van der Waals surface area contributed by atoms with Crippen molar-refractivity contribution < 1.29 is 0 Å². The average molecular weight is 257 g/mol. The Morgan fingerprint density at radius 2 is 1.63 bits per heavy atom. The lowest BCUT2D eigenvalue weighted by Gasteiger charge is -2.17. The first-order chi connectivity index (χ1) is 8.99. The van der Waals surface area contributed by atoms with Crippen molar-refractivity contribution in [2.24, 2.45) is 0 Å². The topological polar surface area (TPSA) is 4.93 Å². The highest BCUT2D eigenvalue weighted by molar-refractivity contribution is 5.47. The maximum atomic E-state index is 3.86. The monoisotopic (exact) mass is 257 g/mol. The summed E-state index contributed by atoms with van der Waals surface area (Å²) in [6.45, 7) is 19.0. The molecule has 1 aromatic heterocycles. The Bertz CT molecular complexity index is 568. The number of aromatic nitrogens is 1. The lowest BCUT2D eigenvalue weighted by molar-refractivity contribution is 0.544. The molecule has 0 aliphatic rings. The van der Waals surface area contributed by atoms with Gasteiger partial charge >= 0.3 is 0 Å². The molecule has 0 spiro atoms. The molecule has 0 aliphatic heterocycles. The number of rotatable bonds is 5. The van der Waals surface area contributed by atoms with Gasteiger partial charge in [-0.3, -0.25) is 0 Å². The van der Waals surface area contributed by atoms with E-state index in [2.05, 4.69) is 64.5 Å². The van der Waals surface area contributed by atoms with Gasteiger partial charge in [-0.2, -0.15) is 0 Å². The summed E-state index contributed by atoms with van der Waals surface area (Å²) in [5.74, 6) is 0.515. The molecule has 1 aromatic rings. The Balaban J connectivity index is 3.99. The average Bonchev–Trinajstić information content (AvgIpc) is 2.65. The van der Waals surface area contributed by atoms with Crippen LogP contribution in [0, 0.1) is 0 Å². The minimum absolute atomic E-state index is 0.445. The normalized spacial score (nSPS) is 13.6. The molecule has 1 nitrogen and oxygen atoms in total. The van der Waals surface area contributed by atoms with Gasteiger partial charge in [-0.15, -0.1) is 0 Å². The van der Waals surface area contributed by atoms with Crippen molar-refractivity contribution in [2.45, 2.75) is 53.0 Å². The van der Waals surface area contributed by atoms with Crippen molar-refractivity contribution in [3.63, 3.8) is 0 Å². The third kappa shape index (κ3) is 2.91. The molecule has 0 fully saturated rings. The van der Waals surface area contributed by atoms with E-state index in [1.54, 1.807) is 0 Å². The largest absolute Gasteiger partial charge is 0.342 e. The molecule has 0 N–H and O–H groups in total. The van der Waals surface area contributed by atoms with Crippen LogP contribution in [0.1, 0.15) is 57.8 Å². The van der Waals surface area contributed by atoms with Crippen molar-refractivity contribution in [1.29, 1.82) is 0 Å². The van der Waals surface area contributed by atoms with E-state index in [0.29, 0.717) is 12.0 Å². The fraction of sp³-hybridized carbons (Fsp3) is 0.444. The predicted molar refractivity (Wildman–Crippen MR) is 86.9 cm³/mol. The molecule has 0 aliphatic carbocycles. The van der Waals surface area contributed by atoms with E-state index in [1.807, 2.05) is 12.2 Å². The fourth-order valence-electron chi connectivity index (χ4n) is 2.84. The first kappa shape index (κ1) is 15.6. The van der Waals surface area contributed by atoms with Crippen molar-refractivity contribution >= 4 is 12.2 Å². The molecular weight excluding hydrogens is 230 g/mol. The van der Waals surface area contributed by atoms with Gasteiger partial charge in [0.1, 0.15) is 0 Å². The zero-order chi connectivity index (χ0) is 14.6. The summed E-state index contributed by atoms with van der Waals surface area (Å²) < 4.78 is 2.44. The van der Waals surface area contributed by atoms with Crippen molar-refractivity contribution in [2.75, 3.05) is 0 Å². The molecular formula is C18H27N. The lowest BCUT2D eigenvalue weighted by atomic mass is 10.0. The van der Waals surface area contributed by atoms with Gasteiger partial charge in [-0.25, -0.2) is 0 Å². The molecule has 0 amide bonds. The van der Waals surface area contributed by atoms with Crippen LogP contribution in [0.2, 0.25) is 0 Å². The summed E-state index contributed by atoms with van der Waals surface area (Å²) in [6.07, 6.45) is 9.03. The first-order valence-electron chi connectivity index (χ1n) is 7.17.